The van der Waals surface area contributed by atoms with E-state index in [9.17, 15) is 18.0 Å². The molecule has 0 aliphatic heterocycles. The second kappa shape index (κ2) is 5.74. The van der Waals surface area contributed by atoms with E-state index in [1.54, 1.807) is 30.3 Å². The Morgan fingerprint density at radius 2 is 1.50 bits per heavy atom. The van der Waals surface area contributed by atoms with Crippen molar-refractivity contribution >= 4 is 11.4 Å². The topological polar surface area (TPSA) is 17.1 Å². The molecule has 0 saturated heterocycles. The maximum Gasteiger partial charge on any atom is 0.194 e. The van der Waals surface area contributed by atoms with Crippen LogP contribution in [0, 0.1) is 17.5 Å². The van der Waals surface area contributed by atoms with Crippen LogP contribution in [-0.2, 0) is 4.79 Å². The Morgan fingerprint density at radius 3 is 2.00 bits per heavy atom. The van der Waals surface area contributed by atoms with Crippen molar-refractivity contribution in [3.05, 3.63) is 77.1 Å². The van der Waals surface area contributed by atoms with Gasteiger partial charge in [-0.3, -0.25) is 4.79 Å². The van der Waals surface area contributed by atoms with Crippen LogP contribution in [0.4, 0.5) is 13.2 Å². The number of carbonyl (C=O) groups is 1. The number of hydrogen-bond donors (Lipinski definition) is 0. The zero-order valence-electron chi connectivity index (χ0n) is 10.7. The predicted octanol–water partition coefficient (Wildman–Crippen LogP) is 4.12. The van der Waals surface area contributed by atoms with E-state index in [2.05, 4.69) is 0 Å². The monoisotopic (exact) mass is 276 g/mol. The second-order valence-electron chi connectivity index (χ2n) is 4.29. The molecule has 0 aliphatic carbocycles. The minimum Gasteiger partial charge on any atom is -0.295 e. The third-order valence-electron chi connectivity index (χ3n) is 2.73. The van der Waals surface area contributed by atoms with Gasteiger partial charge in [0.25, 0.3) is 0 Å². The van der Waals surface area contributed by atoms with Crippen molar-refractivity contribution in [3.8, 4) is 0 Å². The molecule has 0 aromatic heterocycles. The summed E-state index contributed by atoms with van der Waals surface area (Å²) < 4.78 is 39.7. The van der Waals surface area contributed by atoms with Crippen LogP contribution >= 0.6 is 0 Å². The van der Waals surface area contributed by atoms with Gasteiger partial charge < -0.3 is 0 Å². The number of hydrogen-bond acceptors (Lipinski definition) is 1. The van der Waals surface area contributed by atoms with E-state index in [1.807, 2.05) is 0 Å². The SMILES string of the molecule is CC(=O)/C=C(/c1ccccc1)c1cc(F)c(F)c(F)c1. The quantitative estimate of drug-likeness (QED) is 0.608. The number of allylic oxidation sites excluding steroid dienone is 1. The highest BCUT2D eigenvalue weighted by atomic mass is 19.2. The van der Waals surface area contributed by atoms with E-state index in [4.69, 9.17) is 0 Å². The van der Waals surface area contributed by atoms with Gasteiger partial charge in [0.1, 0.15) is 0 Å². The molecule has 1 nitrogen and oxygen atoms in total. The zero-order valence-corrected chi connectivity index (χ0v) is 10.7. The lowest BCUT2D eigenvalue weighted by Gasteiger charge is -2.09. The fraction of sp³-hybridized carbons (Fsp3) is 0.0625. The summed E-state index contributed by atoms with van der Waals surface area (Å²) in [6.45, 7) is 1.33. The molecule has 0 aliphatic rings. The first-order valence-corrected chi connectivity index (χ1v) is 5.91. The van der Waals surface area contributed by atoms with Gasteiger partial charge in [-0.05, 0) is 41.8 Å². The van der Waals surface area contributed by atoms with Gasteiger partial charge in [0.05, 0.1) is 0 Å². The van der Waals surface area contributed by atoms with Crippen molar-refractivity contribution in [2.45, 2.75) is 6.92 Å². The molecular weight excluding hydrogens is 265 g/mol. The lowest BCUT2D eigenvalue weighted by molar-refractivity contribution is -0.112. The van der Waals surface area contributed by atoms with Crippen molar-refractivity contribution < 1.29 is 18.0 Å². The van der Waals surface area contributed by atoms with E-state index in [-0.39, 0.29) is 11.3 Å². The van der Waals surface area contributed by atoms with E-state index < -0.39 is 17.5 Å². The largest absolute Gasteiger partial charge is 0.295 e. The van der Waals surface area contributed by atoms with Crippen LogP contribution in [0.5, 0.6) is 0 Å². The Balaban J connectivity index is 2.62. The standard InChI is InChI=1S/C16H11F3O/c1-10(20)7-13(11-5-3-2-4-6-11)12-8-14(17)16(19)15(18)9-12/h2-9H,1H3/b13-7-. The summed E-state index contributed by atoms with van der Waals surface area (Å²) in [6.07, 6.45) is 1.27. The molecule has 0 unspecified atom stereocenters. The molecule has 0 atom stereocenters. The summed E-state index contributed by atoms with van der Waals surface area (Å²) in [6, 6.07) is 10.4. The third kappa shape index (κ3) is 2.96. The van der Waals surface area contributed by atoms with Crippen molar-refractivity contribution in [2.24, 2.45) is 0 Å². The smallest absolute Gasteiger partial charge is 0.194 e. The maximum atomic E-state index is 13.3. The van der Waals surface area contributed by atoms with E-state index >= 15 is 0 Å². The summed E-state index contributed by atoms with van der Waals surface area (Å²) >= 11 is 0. The first kappa shape index (κ1) is 14.1. The fourth-order valence-corrected chi connectivity index (χ4v) is 1.87. The predicted molar refractivity (Wildman–Crippen MR) is 70.5 cm³/mol. The molecule has 0 amide bonds. The maximum absolute atomic E-state index is 13.3. The molecule has 0 bridgehead atoms. The van der Waals surface area contributed by atoms with Crippen molar-refractivity contribution in [3.63, 3.8) is 0 Å². The van der Waals surface area contributed by atoms with E-state index in [0.29, 0.717) is 11.1 Å². The fourth-order valence-electron chi connectivity index (χ4n) is 1.87. The number of halogens is 3. The molecule has 4 heteroatoms. The van der Waals surface area contributed by atoms with Crippen LogP contribution in [0.2, 0.25) is 0 Å². The van der Waals surface area contributed by atoms with Crippen LogP contribution in [-0.4, -0.2) is 5.78 Å². The Morgan fingerprint density at radius 1 is 0.950 bits per heavy atom. The number of ketones is 1. The van der Waals surface area contributed by atoms with Gasteiger partial charge >= 0.3 is 0 Å². The minimum absolute atomic E-state index is 0.114. The molecule has 102 valence electrons. The highest BCUT2D eigenvalue weighted by Crippen LogP contribution is 2.26. The summed E-state index contributed by atoms with van der Waals surface area (Å²) in [4.78, 5) is 11.3. The molecule has 0 N–H and O–H groups in total. The Hall–Kier alpha value is -2.36. The Labute approximate surface area is 114 Å². The Kier molecular flexibility index (Phi) is 4.03. The number of carbonyl (C=O) groups excluding carboxylic acids is 1. The first-order valence-electron chi connectivity index (χ1n) is 5.91. The Bertz CT molecular complexity index is 652. The summed E-state index contributed by atoms with van der Waals surface area (Å²) in [7, 11) is 0. The summed E-state index contributed by atoms with van der Waals surface area (Å²) in [5.74, 6) is -4.37. The van der Waals surface area contributed by atoms with Crippen molar-refractivity contribution in [1.82, 2.24) is 0 Å². The first-order chi connectivity index (χ1) is 9.49. The molecule has 0 heterocycles. The van der Waals surface area contributed by atoms with Gasteiger partial charge in [-0.15, -0.1) is 0 Å². The third-order valence-corrected chi connectivity index (χ3v) is 2.73. The van der Waals surface area contributed by atoms with Crippen LogP contribution in [0.15, 0.2) is 48.5 Å². The zero-order chi connectivity index (χ0) is 14.7. The lowest BCUT2D eigenvalue weighted by Crippen LogP contribution is -1.97. The van der Waals surface area contributed by atoms with E-state index in [0.717, 1.165) is 12.1 Å². The minimum atomic E-state index is -1.52. The molecule has 0 spiro atoms. The summed E-state index contributed by atoms with van der Waals surface area (Å²) in [5, 5.41) is 0. The second-order valence-corrected chi connectivity index (χ2v) is 4.29. The van der Waals surface area contributed by atoms with Crippen LogP contribution < -0.4 is 0 Å². The van der Waals surface area contributed by atoms with Crippen molar-refractivity contribution in [2.75, 3.05) is 0 Å². The van der Waals surface area contributed by atoms with Gasteiger partial charge in [0.2, 0.25) is 0 Å². The highest BCUT2D eigenvalue weighted by molar-refractivity contribution is 5.99. The van der Waals surface area contributed by atoms with Gasteiger partial charge in [0.15, 0.2) is 23.2 Å². The number of benzene rings is 2. The van der Waals surface area contributed by atoms with E-state index in [1.165, 1.54) is 13.0 Å². The molecule has 0 fully saturated rings. The molecule has 2 aromatic rings. The normalized spacial score (nSPS) is 11.5. The highest BCUT2D eigenvalue weighted by Gasteiger charge is 2.14. The average Bonchev–Trinajstić information content (AvgIpc) is 2.42. The van der Waals surface area contributed by atoms with Gasteiger partial charge in [-0.2, -0.15) is 0 Å². The molecule has 20 heavy (non-hydrogen) atoms. The van der Waals surface area contributed by atoms with Crippen LogP contribution in [0.25, 0.3) is 5.57 Å². The average molecular weight is 276 g/mol. The van der Waals surface area contributed by atoms with Gasteiger partial charge in [0, 0.05) is 0 Å². The van der Waals surface area contributed by atoms with Crippen LogP contribution in [0.1, 0.15) is 18.1 Å². The van der Waals surface area contributed by atoms with Gasteiger partial charge in [-0.1, -0.05) is 30.3 Å². The molecular formula is C16H11F3O. The molecule has 2 rings (SSSR count). The molecule has 2 aromatic carbocycles. The molecule has 0 radical (unpaired) electrons. The molecule has 0 saturated carbocycles. The van der Waals surface area contributed by atoms with Gasteiger partial charge in [-0.25, -0.2) is 13.2 Å². The summed E-state index contributed by atoms with van der Waals surface area (Å²) in [5.41, 5.74) is 1.08. The van der Waals surface area contributed by atoms with Crippen molar-refractivity contribution in [1.29, 1.82) is 0 Å². The number of rotatable bonds is 3. The van der Waals surface area contributed by atoms with Crippen LogP contribution in [0.3, 0.4) is 0 Å². The lowest BCUT2D eigenvalue weighted by atomic mass is 9.96.